The maximum atomic E-state index is 14.2. The summed E-state index contributed by atoms with van der Waals surface area (Å²) in [4.78, 5) is 37.4. The van der Waals surface area contributed by atoms with Crippen LogP contribution >= 0.6 is 22.9 Å². The van der Waals surface area contributed by atoms with Crippen molar-refractivity contribution in [3.8, 4) is 50.3 Å². The first-order chi connectivity index (χ1) is 29.1. The molecule has 0 saturated heterocycles. The Morgan fingerprint density at radius 3 is 2.58 bits per heavy atom. The van der Waals surface area contributed by atoms with E-state index in [-0.39, 0.29) is 24.7 Å². The van der Waals surface area contributed by atoms with E-state index >= 15 is 0 Å². The van der Waals surface area contributed by atoms with E-state index in [0.717, 1.165) is 56.9 Å². The number of carboxylic acid groups (broad SMARTS) is 1. The van der Waals surface area contributed by atoms with Crippen molar-refractivity contribution in [1.29, 1.82) is 0 Å². The molecule has 3 aromatic heterocycles. The van der Waals surface area contributed by atoms with Crippen LogP contribution in [0.2, 0.25) is 5.02 Å². The summed E-state index contributed by atoms with van der Waals surface area (Å²) in [6.07, 6.45) is 1.63. The minimum atomic E-state index is -1.37. The molecule has 7 aromatic rings. The summed E-state index contributed by atoms with van der Waals surface area (Å²) in [5, 5.41) is 11.9. The van der Waals surface area contributed by atoms with Crippen LogP contribution < -0.4 is 14.2 Å². The molecule has 0 amide bonds. The number of nitrogens with zero attached hydrogens (tertiary/aromatic N) is 6. The van der Waals surface area contributed by atoms with E-state index in [0.29, 0.717) is 56.9 Å². The number of fused-ring (bicyclic) bond motifs is 6. The van der Waals surface area contributed by atoms with Crippen LogP contribution in [-0.2, 0) is 30.9 Å². The zero-order chi connectivity index (χ0) is 41.9. The average Bonchev–Trinajstić information content (AvgIpc) is 3.64. The van der Waals surface area contributed by atoms with Crippen molar-refractivity contribution in [2.75, 3.05) is 34.3 Å². The normalized spacial score (nSPS) is 14.3. The molecule has 9 rings (SSSR count). The Labute approximate surface area is 356 Å². The van der Waals surface area contributed by atoms with Gasteiger partial charge < -0.3 is 24.2 Å². The smallest absolute Gasteiger partial charge is 0.345 e. The minimum absolute atomic E-state index is 0.0408. The van der Waals surface area contributed by atoms with Crippen LogP contribution in [0.25, 0.3) is 43.2 Å². The molecule has 0 spiro atoms. The molecule has 1 unspecified atom stereocenters. The number of halogens is 2. The third-order valence-corrected chi connectivity index (χ3v) is 12.1. The van der Waals surface area contributed by atoms with Crippen LogP contribution in [-0.4, -0.2) is 81.2 Å². The predicted molar refractivity (Wildman–Crippen MR) is 231 cm³/mol. The molecule has 1 atom stereocenters. The summed E-state index contributed by atoms with van der Waals surface area (Å²) in [5.74, 6) is 0.199. The van der Waals surface area contributed by atoms with Crippen LogP contribution in [0.5, 0.6) is 17.4 Å². The van der Waals surface area contributed by atoms with Crippen molar-refractivity contribution < 1.29 is 28.5 Å². The minimum Gasteiger partial charge on any atom is -0.496 e. The fraction of sp³-hybridized carbons (Fsp3) is 0.239. The number of aromatic nitrogens is 4. The van der Waals surface area contributed by atoms with E-state index in [2.05, 4.69) is 24.8 Å². The zero-order valence-electron chi connectivity index (χ0n) is 33.5. The highest BCUT2D eigenvalue weighted by atomic mass is 35.5. The fourth-order valence-electron chi connectivity index (χ4n) is 7.38. The van der Waals surface area contributed by atoms with Gasteiger partial charge in [-0.05, 0) is 90.8 Å². The summed E-state index contributed by atoms with van der Waals surface area (Å²) < 4.78 is 32.6. The number of carbonyl (C=O) groups is 1. The van der Waals surface area contributed by atoms with Crippen molar-refractivity contribution in [2.45, 2.75) is 39.1 Å². The van der Waals surface area contributed by atoms with Gasteiger partial charge in [0.1, 0.15) is 35.1 Å². The predicted octanol–water partition coefficient (Wildman–Crippen LogP) is 9.12. The summed E-state index contributed by atoms with van der Waals surface area (Å²) in [6, 6.07) is 25.5. The van der Waals surface area contributed by atoms with Gasteiger partial charge in [0.05, 0.1) is 23.8 Å². The molecule has 0 aliphatic carbocycles. The lowest BCUT2D eigenvalue weighted by atomic mass is 9.94. The standard InChI is InChI=1S/C46H42ClFN6O5S/c1-27-34-15-12-30(41(27)47)24-54(20-19-53(2)3)23-28-9-16-36(58-25-33-17-18-49-43(52-33)35-7-5-6-8-37(35)57-4)31(21-28)22-38(46(55)56)59-44-40-39(34)42(60-45(40)51-26-50-44)29-10-13-32(48)14-11-29/h5-18,21,26,38H,19-20,22-25H2,1-4H3,(H,55,56). The van der Waals surface area contributed by atoms with Gasteiger partial charge in [0.25, 0.3) is 0 Å². The molecule has 0 fully saturated rings. The molecule has 0 radical (unpaired) electrons. The van der Waals surface area contributed by atoms with Gasteiger partial charge in [-0.15, -0.1) is 11.3 Å². The first-order valence-corrected chi connectivity index (χ1v) is 20.5. The second-order valence-electron chi connectivity index (χ2n) is 14.8. The summed E-state index contributed by atoms with van der Waals surface area (Å²) >= 11 is 8.67. The van der Waals surface area contributed by atoms with Gasteiger partial charge >= 0.3 is 5.97 Å². The molecule has 306 valence electrons. The Kier molecular flexibility index (Phi) is 12.0. The Morgan fingerprint density at radius 1 is 0.983 bits per heavy atom. The van der Waals surface area contributed by atoms with E-state index in [4.69, 9.17) is 30.8 Å². The van der Waals surface area contributed by atoms with Crippen LogP contribution in [0.15, 0.2) is 97.5 Å². The maximum Gasteiger partial charge on any atom is 0.345 e. The van der Waals surface area contributed by atoms with E-state index in [9.17, 15) is 14.3 Å². The SMILES string of the molecule is COc1ccccc1-c1nccc(COc2ccc3cc2CC(C(=O)O)Oc2ncnc4sc(-c5ccc(F)cc5)c(c24)-c2ccc(c(Cl)c2C)CN(CCN(C)C)C3)n1. The topological polar surface area (TPSA) is 123 Å². The molecule has 0 saturated carbocycles. The molecule has 5 heterocycles. The van der Waals surface area contributed by atoms with E-state index in [1.165, 1.54) is 29.8 Å². The quantitative estimate of drug-likeness (QED) is 0.142. The van der Waals surface area contributed by atoms with E-state index in [1.807, 2.05) is 75.6 Å². The van der Waals surface area contributed by atoms with Crippen LogP contribution in [0.4, 0.5) is 4.39 Å². The third kappa shape index (κ3) is 8.66. The van der Waals surface area contributed by atoms with Crippen molar-refractivity contribution >= 4 is 39.1 Å². The van der Waals surface area contributed by atoms with Crippen molar-refractivity contribution in [3.63, 3.8) is 0 Å². The lowest BCUT2D eigenvalue weighted by molar-refractivity contribution is -0.145. The molecule has 2 aliphatic heterocycles. The van der Waals surface area contributed by atoms with Gasteiger partial charge in [0.15, 0.2) is 5.82 Å². The number of hydrogen-bond donors (Lipinski definition) is 1. The van der Waals surface area contributed by atoms with Crippen LogP contribution in [0.1, 0.15) is 27.9 Å². The molecular weight excluding hydrogens is 803 g/mol. The van der Waals surface area contributed by atoms with E-state index in [1.54, 1.807) is 31.5 Å². The molecular formula is C46H42ClFN6O5S. The number of aliphatic carboxylic acids is 1. The molecule has 1 N–H and O–H groups in total. The van der Waals surface area contributed by atoms with Gasteiger partial charge in [0, 0.05) is 54.3 Å². The molecule has 14 heteroatoms. The monoisotopic (exact) mass is 844 g/mol. The number of para-hydroxylation sites is 1. The van der Waals surface area contributed by atoms with Crippen molar-refractivity contribution in [3.05, 3.63) is 136 Å². The number of benzene rings is 4. The zero-order valence-corrected chi connectivity index (χ0v) is 35.1. The second kappa shape index (κ2) is 17.7. The number of thiophene rings is 1. The fourth-order valence-corrected chi connectivity index (χ4v) is 8.76. The Morgan fingerprint density at radius 2 is 1.80 bits per heavy atom. The van der Waals surface area contributed by atoms with Crippen molar-refractivity contribution in [2.24, 2.45) is 0 Å². The lowest BCUT2D eigenvalue weighted by Gasteiger charge is -2.26. The Balaban J connectivity index is 1.24. The molecule has 4 aromatic carbocycles. The molecule has 2 aliphatic rings. The molecule has 4 bridgehead atoms. The number of methoxy groups -OCH3 is 1. The third-order valence-electron chi connectivity index (χ3n) is 10.5. The Bertz CT molecular complexity index is 2690. The highest BCUT2D eigenvalue weighted by Gasteiger charge is 2.29. The summed E-state index contributed by atoms with van der Waals surface area (Å²) in [5.41, 5.74) is 7.07. The van der Waals surface area contributed by atoms with Gasteiger partial charge in [0.2, 0.25) is 12.0 Å². The van der Waals surface area contributed by atoms with Gasteiger partial charge in [-0.2, -0.15) is 0 Å². The number of ether oxygens (including phenoxy) is 3. The molecule has 60 heavy (non-hydrogen) atoms. The average molecular weight is 845 g/mol. The van der Waals surface area contributed by atoms with Crippen LogP contribution in [0, 0.1) is 12.7 Å². The molecule has 11 nitrogen and oxygen atoms in total. The number of hydrogen-bond acceptors (Lipinski definition) is 11. The van der Waals surface area contributed by atoms with Gasteiger partial charge in [-0.3, -0.25) is 4.90 Å². The van der Waals surface area contributed by atoms with Gasteiger partial charge in [-0.25, -0.2) is 29.1 Å². The Hall–Kier alpha value is -5.99. The highest BCUT2D eigenvalue weighted by molar-refractivity contribution is 7.22. The maximum absolute atomic E-state index is 14.2. The summed E-state index contributed by atoms with van der Waals surface area (Å²) in [6.45, 7) is 4.73. The summed E-state index contributed by atoms with van der Waals surface area (Å²) in [7, 11) is 5.68. The van der Waals surface area contributed by atoms with Crippen LogP contribution in [0.3, 0.4) is 0 Å². The number of rotatable bonds is 10. The lowest BCUT2D eigenvalue weighted by Crippen LogP contribution is -2.32. The number of likely N-dealkylation sites (N-methyl/N-ethyl adjacent to an activating group) is 1. The largest absolute Gasteiger partial charge is 0.496 e. The second-order valence-corrected chi connectivity index (χ2v) is 16.2. The van der Waals surface area contributed by atoms with Crippen molar-refractivity contribution in [1.82, 2.24) is 29.7 Å². The highest BCUT2D eigenvalue weighted by Crippen LogP contribution is 2.49. The van der Waals surface area contributed by atoms with E-state index < -0.39 is 12.1 Å². The number of carboxylic acids is 1. The van der Waals surface area contributed by atoms with Gasteiger partial charge in [-0.1, -0.05) is 60.1 Å². The first kappa shape index (κ1) is 40.8. The first-order valence-electron chi connectivity index (χ1n) is 19.3.